The summed E-state index contributed by atoms with van der Waals surface area (Å²) in [4.78, 5) is 2.28. The summed E-state index contributed by atoms with van der Waals surface area (Å²) in [5, 5.41) is 8.73. The van der Waals surface area contributed by atoms with Crippen LogP contribution in [0.1, 0.15) is 17.9 Å². The molecule has 3 nitrogen and oxygen atoms in total. The Kier molecular flexibility index (Phi) is 8.31. The first-order valence-electron chi connectivity index (χ1n) is 6.55. The van der Waals surface area contributed by atoms with Crippen molar-refractivity contribution in [3.63, 3.8) is 0 Å². The minimum atomic E-state index is 0.389. The smallest absolute Gasteiger partial charge is 0.0635 e. The quantitative estimate of drug-likeness (QED) is 0.705. The van der Waals surface area contributed by atoms with Gasteiger partial charge in [-0.2, -0.15) is 17.9 Å². The van der Waals surface area contributed by atoms with Crippen LogP contribution in [0.3, 0.4) is 0 Å². The van der Waals surface area contributed by atoms with Gasteiger partial charge in [-0.1, -0.05) is 30.3 Å². The van der Waals surface area contributed by atoms with Gasteiger partial charge < -0.3 is 4.74 Å². The van der Waals surface area contributed by atoms with E-state index in [4.69, 9.17) is 10.00 Å². The minimum absolute atomic E-state index is 0.389. The van der Waals surface area contributed by atoms with E-state index < -0.39 is 0 Å². The Morgan fingerprint density at radius 3 is 2.63 bits per heavy atom. The Labute approximate surface area is 121 Å². The second-order valence-electron chi connectivity index (χ2n) is 4.49. The number of methoxy groups -OCH3 is 1. The predicted octanol–water partition coefficient (Wildman–Crippen LogP) is 2.56. The molecule has 0 spiro atoms. The normalized spacial score (nSPS) is 12.3. The molecule has 4 heteroatoms. The first kappa shape index (κ1) is 16.0. The SMILES string of the molecule is COCCN(CCC#N)CC(CS)c1ccccc1. The minimum Gasteiger partial charge on any atom is -0.383 e. The molecule has 1 aromatic carbocycles. The average molecular weight is 278 g/mol. The summed E-state index contributed by atoms with van der Waals surface area (Å²) in [6.45, 7) is 3.25. The van der Waals surface area contributed by atoms with E-state index in [1.807, 2.05) is 6.07 Å². The zero-order valence-corrected chi connectivity index (χ0v) is 12.4. The van der Waals surface area contributed by atoms with E-state index in [9.17, 15) is 0 Å². The molecule has 0 saturated carbocycles. The van der Waals surface area contributed by atoms with Crippen LogP contribution < -0.4 is 0 Å². The van der Waals surface area contributed by atoms with Gasteiger partial charge in [-0.05, 0) is 11.3 Å². The van der Waals surface area contributed by atoms with Gasteiger partial charge in [-0.25, -0.2) is 0 Å². The van der Waals surface area contributed by atoms with Crippen LogP contribution in [-0.4, -0.2) is 44.0 Å². The second kappa shape index (κ2) is 9.85. The zero-order valence-electron chi connectivity index (χ0n) is 11.5. The third-order valence-electron chi connectivity index (χ3n) is 3.12. The molecule has 0 fully saturated rings. The number of benzene rings is 1. The zero-order chi connectivity index (χ0) is 13.9. The maximum atomic E-state index is 8.73. The summed E-state index contributed by atoms with van der Waals surface area (Å²) in [5.41, 5.74) is 1.30. The maximum Gasteiger partial charge on any atom is 0.0635 e. The van der Waals surface area contributed by atoms with Crippen LogP contribution in [-0.2, 0) is 4.74 Å². The van der Waals surface area contributed by atoms with Gasteiger partial charge in [-0.15, -0.1) is 0 Å². The van der Waals surface area contributed by atoms with Gasteiger partial charge in [0.05, 0.1) is 12.7 Å². The number of hydrogen-bond donors (Lipinski definition) is 1. The van der Waals surface area contributed by atoms with E-state index in [-0.39, 0.29) is 0 Å². The maximum absolute atomic E-state index is 8.73. The first-order chi connectivity index (χ1) is 9.31. The summed E-state index contributed by atoms with van der Waals surface area (Å²) in [7, 11) is 1.70. The van der Waals surface area contributed by atoms with E-state index in [1.165, 1.54) is 5.56 Å². The lowest BCUT2D eigenvalue weighted by atomic mass is 10.0. The number of hydrogen-bond acceptors (Lipinski definition) is 4. The fraction of sp³-hybridized carbons (Fsp3) is 0.533. The molecule has 0 bridgehead atoms. The molecule has 0 N–H and O–H groups in total. The highest BCUT2D eigenvalue weighted by atomic mass is 32.1. The number of rotatable bonds is 9. The van der Waals surface area contributed by atoms with E-state index >= 15 is 0 Å². The molecule has 1 aromatic rings. The summed E-state index contributed by atoms with van der Waals surface area (Å²) >= 11 is 4.46. The van der Waals surface area contributed by atoms with Gasteiger partial charge >= 0.3 is 0 Å². The van der Waals surface area contributed by atoms with Crippen LogP contribution in [0.4, 0.5) is 0 Å². The summed E-state index contributed by atoms with van der Waals surface area (Å²) in [6.07, 6.45) is 0.553. The van der Waals surface area contributed by atoms with Crippen LogP contribution in [0.5, 0.6) is 0 Å². The van der Waals surface area contributed by atoms with E-state index in [2.05, 4.69) is 47.9 Å². The molecule has 0 amide bonds. The van der Waals surface area contributed by atoms with Gasteiger partial charge in [0.15, 0.2) is 0 Å². The van der Waals surface area contributed by atoms with Crippen LogP contribution >= 0.6 is 12.6 Å². The molecule has 0 radical (unpaired) electrons. The standard InChI is InChI=1S/C15H22N2OS/c1-18-11-10-17(9-5-8-16)12-15(13-19)14-6-3-2-4-7-14/h2-4,6-7,15,19H,5,9-13H2,1H3. The summed E-state index contributed by atoms with van der Waals surface area (Å²) in [5.74, 6) is 1.19. The van der Waals surface area contributed by atoms with Crippen molar-refractivity contribution < 1.29 is 4.74 Å². The second-order valence-corrected chi connectivity index (χ2v) is 4.86. The van der Waals surface area contributed by atoms with Gasteiger partial charge in [0.1, 0.15) is 0 Å². The van der Waals surface area contributed by atoms with Gasteiger partial charge in [0.25, 0.3) is 0 Å². The lowest BCUT2D eigenvalue weighted by molar-refractivity contribution is 0.146. The molecule has 0 aromatic heterocycles. The number of nitriles is 1. The Hall–Kier alpha value is -1.02. The molecule has 1 atom stereocenters. The van der Waals surface area contributed by atoms with Crippen molar-refractivity contribution in [2.45, 2.75) is 12.3 Å². The average Bonchev–Trinajstić information content (AvgIpc) is 2.47. The van der Waals surface area contributed by atoms with Crippen molar-refractivity contribution in [2.24, 2.45) is 0 Å². The number of nitrogens with zero attached hydrogens (tertiary/aromatic N) is 2. The van der Waals surface area contributed by atoms with Gasteiger partial charge in [0.2, 0.25) is 0 Å². The highest BCUT2D eigenvalue weighted by molar-refractivity contribution is 7.80. The van der Waals surface area contributed by atoms with Gasteiger partial charge in [-0.3, -0.25) is 4.90 Å². The van der Waals surface area contributed by atoms with E-state index in [0.29, 0.717) is 18.9 Å². The lowest BCUT2D eigenvalue weighted by Crippen LogP contribution is -2.33. The Morgan fingerprint density at radius 1 is 1.32 bits per heavy atom. The molecule has 19 heavy (non-hydrogen) atoms. The van der Waals surface area contributed by atoms with Crippen molar-refractivity contribution in [1.82, 2.24) is 4.90 Å². The molecule has 1 rings (SSSR count). The molecule has 0 aliphatic rings. The molecular weight excluding hydrogens is 256 g/mol. The summed E-state index contributed by atoms with van der Waals surface area (Å²) < 4.78 is 5.13. The Bertz CT molecular complexity index is 377. The molecule has 104 valence electrons. The van der Waals surface area contributed by atoms with Crippen molar-refractivity contribution in [3.05, 3.63) is 35.9 Å². The molecule has 0 heterocycles. The van der Waals surface area contributed by atoms with Crippen LogP contribution in [0.15, 0.2) is 30.3 Å². The fourth-order valence-electron chi connectivity index (χ4n) is 2.03. The molecule has 0 saturated heterocycles. The van der Waals surface area contributed by atoms with Crippen molar-refractivity contribution >= 4 is 12.6 Å². The van der Waals surface area contributed by atoms with Gasteiger partial charge in [0, 0.05) is 39.1 Å². The Morgan fingerprint density at radius 2 is 2.05 bits per heavy atom. The topological polar surface area (TPSA) is 36.3 Å². The van der Waals surface area contributed by atoms with E-state index in [1.54, 1.807) is 7.11 Å². The van der Waals surface area contributed by atoms with Crippen molar-refractivity contribution in [1.29, 1.82) is 5.26 Å². The molecule has 1 unspecified atom stereocenters. The highest BCUT2D eigenvalue weighted by Crippen LogP contribution is 2.18. The molecule has 0 aliphatic heterocycles. The van der Waals surface area contributed by atoms with Crippen molar-refractivity contribution in [2.75, 3.05) is 39.1 Å². The largest absolute Gasteiger partial charge is 0.383 e. The van der Waals surface area contributed by atoms with E-state index in [0.717, 1.165) is 25.4 Å². The third kappa shape index (κ3) is 6.11. The van der Waals surface area contributed by atoms with Crippen molar-refractivity contribution in [3.8, 4) is 6.07 Å². The predicted molar refractivity (Wildman–Crippen MR) is 81.6 cm³/mol. The summed E-state index contributed by atoms with van der Waals surface area (Å²) in [6, 6.07) is 12.6. The molecule has 0 aliphatic carbocycles. The van der Waals surface area contributed by atoms with Crippen LogP contribution in [0, 0.1) is 11.3 Å². The number of ether oxygens (including phenoxy) is 1. The number of thiol groups is 1. The fourth-order valence-corrected chi connectivity index (χ4v) is 2.35. The first-order valence-corrected chi connectivity index (χ1v) is 7.19. The van der Waals surface area contributed by atoms with Crippen LogP contribution in [0.25, 0.3) is 0 Å². The molecular formula is C15H22N2OS. The highest BCUT2D eigenvalue weighted by Gasteiger charge is 2.14. The lowest BCUT2D eigenvalue weighted by Gasteiger charge is -2.26. The Balaban J connectivity index is 2.61. The monoisotopic (exact) mass is 278 g/mol. The third-order valence-corrected chi connectivity index (χ3v) is 3.56. The van der Waals surface area contributed by atoms with Crippen LogP contribution in [0.2, 0.25) is 0 Å².